The van der Waals surface area contributed by atoms with Gasteiger partial charge in [0.1, 0.15) is 5.82 Å². The summed E-state index contributed by atoms with van der Waals surface area (Å²) < 4.78 is 13.6. The summed E-state index contributed by atoms with van der Waals surface area (Å²) in [5.74, 6) is -0.135. The SMILES string of the molecule is CC(Cc1ccc(F)c(Br)c1)NC(=O)C1CCC(N)C1.Cl. The highest BCUT2D eigenvalue weighted by molar-refractivity contribution is 9.10. The van der Waals surface area contributed by atoms with Crippen molar-refractivity contribution in [3.8, 4) is 0 Å². The Labute approximate surface area is 139 Å². The molecule has 3 N–H and O–H groups in total. The molecule has 21 heavy (non-hydrogen) atoms. The third-order valence-electron chi connectivity index (χ3n) is 3.76. The van der Waals surface area contributed by atoms with Gasteiger partial charge in [0.15, 0.2) is 0 Å². The summed E-state index contributed by atoms with van der Waals surface area (Å²) in [7, 11) is 0. The molecule has 0 heterocycles. The Morgan fingerprint density at radius 3 is 2.81 bits per heavy atom. The molecule has 1 fully saturated rings. The van der Waals surface area contributed by atoms with Crippen molar-refractivity contribution in [1.82, 2.24) is 5.32 Å². The lowest BCUT2D eigenvalue weighted by molar-refractivity contribution is -0.125. The topological polar surface area (TPSA) is 55.1 Å². The van der Waals surface area contributed by atoms with Gasteiger partial charge in [-0.3, -0.25) is 4.79 Å². The average Bonchev–Trinajstić information content (AvgIpc) is 2.80. The van der Waals surface area contributed by atoms with Crippen molar-refractivity contribution in [3.63, 3.8) is 0 Å². The lowest BCUT2D eigenvalue weighted by Gasteiger charge is -2.17. The maximum Gasteiger partial charge on any atom is 0.223 e. The third-order valence-corrected chi connectivity index (χ3v) is 4.37. The van der Waals surface area contributed by atoms with Crippen LogP contribution in [0.3, 0.4) is 0 Å². The van der Waals surface area contributed by atoms with Crippen molar-refractivity contribution in [2.75, 3.05) is 0 Å². The fraction of sp³-hybridized carbons (Fsp3) is 0.533. The number of halogens is 3. The van der Waals surface area contributed by atoms with E-state index in [9.17, 15) is 9.18 Å². The first kappa shape index (κ1) is 18.4. The van der Waals surface area contributed by atoms with Gasteiger partial charge in [-0.15, -0.1) is 12.4 Å². The summed E-state index contributed by atoms with van der Waals surface area (Å²) in [5, 5.41) is 3.02. The normalized spacial score (nSPS) is 22.5. The minimum absolute atomic E-state index is 0. The smallest absolute Gasteiger partial charge is 0.223 e. The fourth-order valence-corrected chi connectivity index (χ4v) is 3.11. The molecule has 0 spiro atoms. The molecule has 1 aromatic rings. The summed E-state index contributed by atoms with van der Waals surface area (Å²) in [5.41, 5.74) is 6.82. The molecule has 3 unspecified atom stereocenters. The molecule has 0 bridgehead atoms. The van der Waals surface area contributed by atoms with E-state index >= 15 is 0 Å². The van der Waals surface area contributed by atoms with Crippen LogP contribution in [0.15, 0.2) is 22.7 Å². The Hall–Kier alpha value is -0.650. The Bertz CT molecular complexity index is 501. The minimum Gasteiger partial charge on any atom is -0.353 e. The molecule has 1 aliphatic carbocycles. The first-order valence-corrected chi connectivity index (χ1v) is 7.75. The van der Waals surface area contributed by atoms with Crippen molar-refractivity contribution in [2.24, 2.45) is 11.7 Å². The van der Waals surface area contributed by atoms with E-state index in [0.717, 1.165) is 24.8 Å². The summed E-state index contributed by atoms with van der Waals surface area (Å²) in [6.45, 7) is 1.96. The van der Waals surface area contributed by atoms with Gasteiger partial charge in [0.05, 0.1) is 4.47 Å². The Balaban J connectivity index is 0.00000220. The van der Waals surface area contributed by atoms with Crippen LogP contribution in [0.4, 0.5) is 4.39 Å². The van der Waals surface area contributed by atoms with E-state index in [4.69, 9.17) is 5.73 Å². The van der Waals surface area contributed by atoms with Crippen LogP contribution in [-0.2, 0) is 11.2 Å². The van der Waals surface area contributed by atoms with Crippen molar-refractivity contribution < 1.29 is 9.18 Å². The maximum absolute atomic E-state index is 13.2. The van der Waals surface area contributed by atoms with E-state index in [1.165, 1.54) is 6.07 Å². The van der Waals surface area contributed by atoms with Gasteiger partial charge in [0.2, 0.25) is 5.91 Å². The van der Waals surface area contributed by atoms with Gasteiger partial charge in [-0.2, -0.15) is 0 Å². The molecule has 1 saturated carbocycles. The number of hydrogen-bond acceptors (Lipinski definition) is 2. The van der Waals surface area contributed by atoms with Crippen LogP contribution in [-0.4, -0.2) is 18.0 Å². The molecule has 3 nitrogen and oxygen atoms in total. The number of carbonyl (C=O) groups is 1. The second-order valence-electron chi connectivity index (χ2n) is 5.63. The van der Waals surface area contributed by atoms with Gasteiger partial charge in [0, 0.05) is 18.0 Å². The first-order valence-electron chi connectivity index (χ1n) is 6.95. The largest absolute Gasteiger partial charge is 0.353 e. The van der Waals surface area contributed by atoms with E-state index in [2.05, 4.69) is 21.2 Å². The van der Waals surface area contributed by atoms with E-state index < -0.39 is 0 Å². The number of nitrogens with one attached hydrogen (secondary N) is 1. The molecular weight excluding hydrogens is 359 g/mol. The highest BCUT2D eigenvalue weighted by atomic mass is 79.9. The second kappa shape index (κ2) is 8.11. The number of rotatable bonds is 4. The van der Waals surface area contributed by atoms with Gasteiger partial charge in [-0.1, -0.05) is 6.07 Å². The molecule has 1 amide bonds. The van der Waals surface area contributed by atoms with E-state index in [1.54, 1.807) is 12.1 Å². The van der Waals surface area contributed by atoms with Crippen LogP contribution in [0.1, 0.15) is 31.7 Å². The quantitative estimate of drug-likeness (QED) is 0.844. The third kappa shape index (κ3) is 5.24. The zero-order chi connectivity index (χ0) is 14.7. The minimum atomic E-state index is -0.273. The molecule has 1 aliphatic rings. The van der Waals surface area contributed by atoms with Crippen molar-refractivity contribution in [2.45, 2.75) is 44.7 Å². The fourth-order valence-electron chi connectivity index (χ4n) is 2.69. The number of benzene rings is 1. The molecule has 1 aromatic carbocycles. The van der Waals surface area contributed by atoms with Crippen LogP contribution in [0.5, 0.6) is 0 Å². The van der Waals surface area contributed by atoms with Crippen LogP contribution in [0.2, 0.25) is 0 Å². The molecule has 6 heteroatoms. The molecule has 0 aliphatic heterocycles. The highest BCUT2D eigenvalue weighted by Gasteiger charge is 2.28. The summed E-state index contributed by atoms with van der Waals surface area (Å²) in [6, 6.07) is 5.12. The van der Waals surface area contributed by atoms with Crippen LogP contribution >= 0.6 is 28.3 Å². The van der Waals surface area contributed by atoms with Crippen molar-refractivity contribution >= 4 is 34.2 Å². The molecular formula is C15H21BrClFN2O. The lowest BCUT2D eigenvalue weighted by Crippen LogP contribution is -2.38. The standard InChI is InChI=1S/C15H20BrFN2O.ClH/c1-9(6-10-2-5-14(17)13(16)7-10)19-15(20)11-3-4-12(18)8-11;/h2,5,7,9,11-12H,3-4,6,8,18H2,1H3,(H,19,20);1H. The summed E-state index contributed by atoms with van der Waals surface area (Å²) in [6.07, 6.45) is 3.27. The first-order chi connectivity index (χ1) is 9.45. The highest BCUT2D eigenvalue weighted by Crippen LogP contribution is 2.24. The van der Waals surface area contributed by atoms with E-state index in [0.29, 0.717) is 10.9 Å². The van der Waals surface area contributed by atoms with Gasteiger partial charge in [-0.05, 0) is 66.2 Å². The molecule has 0 saturated heterocycles. The van der Waals surface area contributed by atoms with Gasteiger partial charge < -0.3 is 11.1 Å². The second-order valence-corrected chi connectivity index (χ2v) is 6.49. The number of carbonyl (C=O) groups excluding carboxylic acids is 1. The molecule has 0 radical (unpaired) electrons. The Morgan fingerprint density at radius 2 is 2.24 bits per heavy atom. The van der Waals surface area contributed by atoms with Crippen LogP contribution < -0.4 is 11.1 Å². The zero-order valence-electron chi connectivity index (χ0n) is 11.9. The number of amides is 1. The monoisotopic (exact) mass is 378 g/mol. The molecule has 118 valence electrons. The van der Waals surface area contributed by atoms with Gasteiger partial charge in [-0.25, -0.2) is 4.39 Å². The molecule has 2 rings (SSSR count). The average molecular weight is 380 g/mol. The number of nitrogens with two attached hydrogens (primary N) is 1. The summed E-state index contributed by atoms with van der Waals surface area (Å²) in [4.78, 5) is 12.1. The van der Waals surface area contributed by atoms with Gasteiger partial charge >= 0.3 is 0 Å². The summed E-state index contributed by atoms with van der Waals surface area (Å²) >= 11 is 3.17. The molecule has 3 atom stereocenters. The maximum atomic E-state index is 13.2. The Morgan fingerprint density at radius 1 is 1.52 bits per heavy atom. The Kier molecular flexibility index (Phi) is 7.10. The zero-order valence-corrected chi connectivity index (χ0v) is 14.3. The van der Waals surface area contributed by atoms with E-state index in [1.807, 2.05) is 6.92 Å². The van der Waals surface area contributed by atoms with Crippen LogP contribution in [0.25, 0.3) is 0 Å². The lowest BCUT2D eigenvalue weighted by atomic mass is 10.0. The predicted octanol–water partition coefficient (Wildman–Crippen LogP) is 3.18. The van der Waals surface area contributed by atoms with E-state index in [-0.39, 0.29) is 42.1 Å². The predicted molar refractivity (Wildman–Crippen MR) is 88.0 cm³/mol. The van der Waals surface area contributed by atoms with Crippen LogP contribution in [0, 0.1) is 11.7 Å². The van der Waals surface area contributed by atoms with Gasteiger partial charge in [0.25, 0.3) is 0 Å². The number of hydrogen-bond donors (Lipinski definition) is 2. The molecule has 0 aromatic heterocycles. The van der Waals surface area contributed by atoms with Crippen molar-refractivity contribution in [1.29, 1.82) is 0 Å². The van der Waals surface area contributed by atoms with Crippen molar-refractivity contribution in [3.05, 3.63) is 34.1 Å².